The zero-order valence-electron chi connectivity index (χ0n) is 20.1. The van der Waals surface area contributed by atoms with Crippen LogP contribution in [0.4, 0.5) is 0 Å². The van der Waals surface area contributed by atoms with Crippen molar-refractivity contribution in [1.82, 2.24) is 14.1 Å². The lowest BCUT2D eigenvalue weighted by atomic mass is 10.1. The first-order valence-corrected chi connectivity index (χ1v) is 13.5. The highest BCUT2D eigenvalue weighted by Gasteiger charge is 2.26. The lowest BCUT2D eigenvalue weighted by molar-refractivity contribution is -0.133. The van der Waals surface area contributed by atoms with E-state index in [1.54, 1.807) is 12.1 Å². The van der Waals surface area contributed by atoms with Gasteiger partial charge in [0.05, 0.1) is 18.1 Å². The molecule has 36 heavy (non-hydrogen) atoms. The Hall–Kier alpha value is -2.37. The van der Waals surface area contributed by atoms with Crippen molar-refractivity contribution in [1.29, 1.82) is 0 Å². The van der Waals surface area contributed by atoms with Gasteiger partial charge in [-0.1, -0.05) is 18.2 Å². The summed E-state index contributed by atoms with van der Waals surface area (Å²) in [5.74, 6) is 1.72. The van der Waals surface area contributed by atoms with E-state index in [4.69, 9.17) is 14.2 Å². The number of rotatable bonds is 7. The number of morpholine rings is 1. The van der Waals surface area contributed by atoms with E-state index in [-0.39, 0.29) is 30.0 Å². The van der Waals surface area contributed by atoms with Gasteiger partial charge >= 0.3 is 0 Å². The SMILES string of the molecule is Cl.O=C(CCc1ccc(S(=O)(=O)N2CCOCC2)cc1)N1CCN(Cc2ccc3c(c2)OCO3)CC1. The van der Waals surface area contributed by atoms with Crippen LogP contribution in [0.3, 0.4) is 0 Å². The summed E-state index contributed by atoms with van der Waals surface area (Å²) in [7, 11) is -3.50. The molecule has 5 rings (SSSR count). The first kappa shape index (κ1) is 26.7. The Balaban J connectivity index is 0.00000304. The van der Waals surface area contributed by atoms with Crippen molar-refractivity contribution in [3.63, 3.8) is 0 Å². The third-order valence-corrected chi connectivity index (χ3v) is 8.64. The molecular formula is C25H32ClN3O6S. The molecule has 3 aliphatic rings. The van der Waals surface area contributed by atoms with Crippen molar-refractivity contribution in [2.45, 2.75) is 24.3 Å². The van der Waals surface area contributed by atoms with Crippen LogP contribution in [-0.4, -0.2) is 87.7 Å². The summed E-state index contributed by atoms with van der Waals surface area (Å²) in [4.78, 5) is 17.3. The van der Waals surface area contributed by atoms with Crippen molar-refractivity contribution in [3.05, 3.63) is 53.6 Å². The topological polar surface area (TPSA) is 88.6 Å². The molecule has 2 aromatic rings. The van der Waals surface area contributed by atoms with Crippen LogP contribution >= 0.6 is 12.4 Å². The Labute approximate surface area is 218 Å². The monoisotopic (exact) mass is 537 g/mol. The summed E-state index contributed by atoms with van der Waals surface area (Å²) >= 11 is 0. The molecule has 2 saturated heterocycles. The fourth-order valence-electron chi connectivity index (χ4n) is 4.63. The summed E-state index contributed by atoms with van der Waals surface area (Å²) in [6, 6.07) is 12.9. The molecule has 2 aromatic carbocycles. The van der Waals surface area contributed by atoms with Crippen LogP contribution in [0.25, 0.3) is 0 Å². The number of ether oxygens (including phenoxy) is 3. The van der Waals surface area contributed by atoms with Gasteiger partial charge in [0.2, 0.25) is 22.7 Å². The molecule has 0 spiro atoms. The highest BCUT2D eigenvalue weighted by Crippen LogP contribution is 2.32. The number of benzene rings is 2. The van der Waals surface area contributed by atoms with Gasteiger partial charge < -0.3 is 19.1 Å². The summed E-state index contributed by atoms with van der Waals surface area (Å²) < 4.78 is 43.1. The number of fused-ring (bicyclic) bond motifs is 1. The lowest BCUT2D eigenvalue weighted by Gasteiger charge is -2.35. The zero-order valence-corrected chi connectivity index (χ0v) is 21.8. The second-order valence-corrected chi connectivity index (χ2v) is 10.9. The normalized spacial score (nSPS) is 18.6. The minimum absolute atomic E-state index is 0. The molecule has 3 aliphatic heterocycles. The molecule has 196 valence electrons. The number of halogens is 1. The zero-order chi connectivity index (χ0) is 24.3. The number of carbonyl (C=O) groups is 1. The fourth-order valence-corrected chi connectivity index (χ4v) is 6.03. The minimum Gasteiger partial charge on any atom is -0.454 e. The van der Waals surface area contributed by atoms with Crippen molar-refractivity contribution < 1.29 is 27.4 Å². The van der Waals surface area contributed by atoms with E-state index in [0.717, 1.165) is 36.7 Å². The summed E-state index contributed by atoms with van der Waals surface area (Å²) in [6.45, 7) is 5.77. The average molecular weight is 538 g/mol. The van der Waals surface area contributed by atoms with Gasteiger partial charge in [-0.3, -0.25) is 9.69 Å². The number of amides is 1. The van der Waals surface area contributed by atoms with E-state index < -0.39 is 10.0 Å². The molecule has 11 heteroatoms. The smallest absolute Gasteiger partial charge is 0.243 e. The van der Waals surface area contributed by atoms with Gasteiger partial charge in [0.25, 0.3) is 0 Å². The largest absolute Gasteiger partial charge is 0.454 e. The van der Waals surface area contributed by atoms with Crippen molar-refractivity contribution >= 4 is 28.3 Å². The average Bonchev–Trinajstić information content (AvgIpc) is 3.36. The van der Waals surface area contributed by atoms with Crippen LogP contribution in [0.15, 0.2) is 47.4 Å². The number of aryl methyl sites for hydroxylation is 1. The summed E-state index contributed by atoms with van der Waals surface area (Å²) in [5.41, 5.74) is 2.13. The molecule has 0 aromatic heterocycles. The summed E-state index contributed by atoms with van der Waals surface area (Å²) in [5, 5.41) is 0. The Morgan fingerprint density at radius 2 is 1.50 bits per heavy atom. The number of carbonyl (C=O) groups excluding carboxylic acids is 1. The molecule has 0 N–H and O–H groups in total. The van der Waals surface area contributed by atoms with Crippen molar-refractivity contribution in [2.24, 2.45) is 0 Å². The van der Waals surface area contributed by atoms with Gasteiger partial charge in [-0.25, -0.2) is 8.42 Å². The first-order chi connectivity index (χ1) is 17.0. The number of piperazine rings is 1. The first-order valence-electron chi connectivity index (χ1n) is 12.0. The maximum Gasteiger partial charge on any atom is 0.243 e. The number of sulfonamides is 1. The molecule has 2 fully saturated rings. The molecule has 3 heterocycles. The molecular weight excluding hydrogens is 506 g/mol. The van der Waals surface area contributed by atoms with E-state index in [9.17, 15) is 13.2 Å². The maximum atomic E-state index is 12.8. The van der Waals surface area contributed by atoms with Crippen LogP contribution < -0.4 is 9.47 Å². The second-order valence-electron chi connectivity index (χ2n) is 9.00. The fraction of sp³-hybridized carbons (Fsp3) is 0.480. The Morgan fingerprint density at radius 1 is 0.833 bits per heavy atom. The van der Waals surface area contributed by atoms with E-state index >= 15 is 0 Å². The predicted octanol–water partition coefficient (Wildman–Crippen LogP) is 2.13. The summed E-state index contributed by atoms with van der Waals surface area (Å²) in [6.07, 6.45) is 1.01. The van der Waals surface area contributed by atoms with Crippen LogP contribution in [0, 0.1) is 0 Å². The van der Waals surface area contributed by atoms with Crippen LogP contribution in [0.1, 0.15) is 17.5 Å². The van der Waals surface area contributed by atoms with Gasteiger partial charge in [0.15, 0.2) is 11.5 Å². The molecule has 0 atom stereocenters. The molecule has 0 unspecified atom stereocenters. The van der Waals surface area contributed by atoms with Crippen molar-refractivity contribution in [3.8, 4) is 11.5 Å². The highest BCUT2D eigenvalue weighted by atomic mass is 35.5. The lowest BCUT2D eigenvalue weighted by Crippen LogP contribution is -2.48. The number of hydrogen-bond acceptors (Lipinski definition) is 7. The molecule has 0 aliphatic carbocycles. The van der Waals surface area contributed by atoms with E-state index in [0.29, 0.717) is 52.2 Å². The van der Waals surface area contributed by atoms with E-state index in [1.165, 1.54) is 9.87 Å². The standard InChI is InChI=1S/C25H31N3O6S.ClH/c29-25(8-4-20-1-5-22(6-2-20)35(30,31)28-13-15-32-16-14-28)27-11-9-26(10-12-27)18-21-3-7-23-24(17-21)34-19-33-23;/h1-3,5-7,17H,4,8-16,18-19H2;1H. The van der Waals surface area contributed by atoms with Gasteiger partial charge in [0.1, 0.15) is 0 Å². The molecule has 9 nitrogen and oxygen atoms in total. The molecule has 0 bridgehead atoms. The van der Waals surface area contributed by atoms with Gasteiger partial charge in [-0.15, -0.1) is 12.4 Å². The predicted molar refractivity (Wildman–Crippen MR) is 136 cm³/mol. The Kier molecular flexibility index (Phi) is 8.74. The van der Waals surface area contributed by atoms with Crippen LogP contribution in [-0.2, 0) is 32.5 Å². The quantitative estimate of drug-likeness (QED) is 0.534. The third kappa shape index (κ3) is 6.12. The molecule has 0 radical (unpaired) electrons. The minimum atomic E-state index is -3.50. The highest BCUT2D eigenvalue weighted by molar-refractivity contribution is 7.89. The van der Waals surface area contributed by atoms with Gasteiger partial charge in [0, 0.05) is 52.2 Å². The third-order valence-electron chi connectivity index (χ3n) is 6.73. The number of nitrogens with zero attached hydrogens (tertiary/aromatic N) is 3. The Bertz CT molecular complexity index is 1150. The van der Waals surface area contributed by atoms with Crippen LogP contribution in [0.5, 0.6) is 11.5 Å². The number of hydrogen-bond donors (Lipinski definition) is 0. The second kappa shape index (κ2) is 11.8. The van der Waals surface area contributed by atoms with E-state index in [1.807, 2.05) is 29.2 Å². The Morgan fingerprint density at radius 3 is 2.22 bits per heavy atom. The molecule has 1 amide bonds. The van der Waals surface area contributed by atoms with Crippen molar-refractivity contribution in [2.75, 3.05) is 59.3 Å². The van der Waals surface area contributed by atoms with Gasteiger partial charge in [-0.05, 0) is 41.8 Å². The molecule has 0 saturated carbocycles. The van der Waals surface area contributed by atoms with Gasteiger partial charge in [-0.2, -0.15) is 4.31 Å². The maximum absolute atomic E-state index is 12.8. The van der Waals surface area contributed by atoms with E-state index in [2.05, 4.69) is 11.0 Å². The van der Waals surface area contributed by atoms with Crippen LogP contribution in [0.2, 0.25) is 0 Å².